The summed E-state index contributed by atoms with van der Waals surface area (Å²) in [4.78, 5) is 18.2. The molecule has 0 aliphatic carbocycles. The normalized spacial score (nSPS) is 10.6. The van der Waals surface area contributed by atoms with E-state index in [1.165, 1.54) is 0 Å². The molecule has 0 fully saturated rings. The summed E-state index contributed by atoms with van der Waals surface area (Å²) in [6, 6.07) is 13.5. The summed E-state index contributed by atoms with van der Waals surface area (Å²) >= 11 is 0. The number of pyridine rings is 1. The van der Waals surface area contributed by atoms with E-state index in [1.54, 1.807) is 29.4 Å². The molecular weight excluding hydrogens is 300 g/mol. The number of benzene rings is 1. The third-order valence-electron chi connectivity index (χ3n) is 4.11. The zero-order chi connectivity index (χ0) is 17.1. The van der Waals surface area contributed by atoms with Crippen molar-refractivity contribution in [1.29, 1.82) is 0 Å². The van der Waals surface area contributed by atoms with Crippen molar-refractivity contribution in [2.24, 2.45) is 0 Å². The molecular formula is C19H20N4O. The predicted molar refractivity (Wildman–Crippen MR) is 93.1 cm³/mol. The van der Waals surface area contributed by atoms with Crippen LogP contribution in [0.15, 0.2) is 54.9 Å². The van der Waals surface area contributed by atoms with Gasteiger partial charge in [-0.05, 0) is 38.1 Å². The van der Waals surface area contributed by atoms with Crippen LogP contribution in [-0.2, 0) is 6.54 Å². The van der Waals surface area contributed by atoms with E-state index in [4.69, 9.17) is 0 Å². The van der Waals surface area contributed by atoms with E-state index in [1.807, 2.05) is 55.9 Å². The molecule has 0 spiro atoms. The molecule has 0 aliphatic heterocycles. The Morgan fingerprint density at radius 3 is 2.42 bits per heavy atom. The fraction of sp³-hybridized carbons (Fsp3) is 0.211. The second kappa shape index (κ2) is 6.66. The first-order chi connectivity index (χ1) is 11.6. The molecule has 0 bridgehead atoms. The van der Waals surface area contributed by atoms with Gasteiger partial charge in [0, 0.05) is 42.8 Å². The molecule has 5 nitrogen and oxygen atoms in total. The van der Waals surface area contributed by atoms with Crippen molar-refractivity contribution >= 4 is 5.91 Å². The number of amides is 1. The number of carbonyl (C=O) groups excluding carboxylic acids is 1. The molecule has 0 radical (unpaired) electrons. The van der Waals surface area contributed by atoms with E-state index >= 15 is 0 Å². The summed E-state index contributed by atoms with van der Waals surface area (Å²) in [6.45, 7) is 4.53. The number of hydrogen-bond acceptors (Lipinski definition) is 3. The van der Waals surface area contributed by atoms with Crippen LogP contribution >= 0.6 is 0 Å². The Balaban J connectivity index is 1.86. The topological polar surface area (TPSA) is 51.0 Å². The molecule has 0 unspecified atom stereocenters. The van der Waals surface area contributed by atoms with Crippen LogP contribution in [-0.4, -0.2) is 32.6 Å². The molecule has 0 saturated carbocycles. The first kappa shape index (κ1) is 15.9. The maximum absolute atomic E-state index is 12.5. The lowest BCUT2D eigenvalue weighted by atomic mass is 10.1. The number of carbonyl (C=O) groups is 1. The second-order valence-electron chi connectivity index (χ2n) is 5.79. The summed E-state index contributed by atoms with van der Waals surface area (Å²) in [5.41, 5.74) is 4.72. The van der Waals surface area contributed by atoms with Crippen LogP contribution < -0.4 is 0 Å². The fourth-order valence-electron chi connectivity index (χ4n) is 2.75. The van der Waals surface area contributed by atoms with Crippen molar-refractivity contribution in [1.82, 2.24) is 19.7 Å². The van der Waals surface area contributed by atoms with E-state index in [9.17, 15) is 4.79 Å². The van der Waals surface area contributed by atoms with Gasteiger partial charge < -0.3 is 4.90 Å². The minimum Gasteiger partial charge on any atom is -0.337 e. The van der Waals surface area contributed by atoms with E-state index < -0.39 is 0 Å². The lowest BCUT2D eigenvalue weighted by molar-refractivity contribution is 0.0784. The Morgan fingerprint density at radius 1 is 1.08 bits per heavy atom. The number of aryl methyl sites for hydroxylation is 1. The Bertz CT molecular complexity index is 841. The first-order valence-electron chi connectivity index (χ1n) is 7.84. The molecule has 3 rings (SSSR count). The number of hydrogen-bond donors (Lipinski definition) is 0. The molecule has 1 aromatic carbocycles. The minimum absolute atomic E-state index is 0.0244. The summed E-state index contributed by atoms with van der Waals surface area (Å²) in [5, 5.41) is 4.63. The maximum Gasteiger partial charge on any atom is 0.254 e. The van der Waals surface area contributed by atoms with E-state index in [-0.39, 0.29) is 5.91 Å². The van der Waals surface area contributed by atoms with Gasteiger partial charge in [-0.15, -0.1) is 0 Å². The average Bonchev–Trinajstić information content (AvgIpc) is 2.90. The Kier molecular flexibility index (Phi) is 4.42. The van der Waals surface area contributed by atoms with Gasteiger partial charge in [0.15, 0.2) is 0 Å². The van der Waals surface area contributed by atoms with Crippen molar-refractivity contribution in [3.8, 4) is 5.69 Å². The zero-order valence-electron chi connectivity index (χ0n) is 14.1. The van der Waals surface area contributed by atoms with Gasteiger partial charge in [0.25, 0.3) is 5.91 Å². The molecule has 24 heavy (non-hydrogen) atoms. The number of nitrogens with zero attached hydrogens (tertiary/aromatic N) is 4. The molecule has 0 N–H and O–H groups in total. The standard InChI is InChI=1S/C19H20N4O/c1-14-18(13-22(3)19(24)16-9-11-20-12-10-16)15(2)23(21-14)17-7-5-4-6-8-17/h4-12H,13H2,1-3H3. The van der Waals surface area contributed by atoms with Gasteiger partial charge in [-0.1, -0.05) is 18.2 Å². The smallest absolute Gasteiger partial charge is 0.254 e. The summed E-state index contributed by atoms with van der Waals surface area (Å²) in [6.07, 6.45) is 3.26. The largest absolute Gasteiger partial charge is 0.337 e. The zero-order valence-corrected chi connectivity index (χ0v) is 14.1. The fourth-order valence-corrected chi connectivity index (χ4v) is 2.75. The highest BCUT2D eigenvalue weighted by Crippen LogP contribution is 2.19. The van der Waals surface area contributed by atoms with Crippen molar-refractivity contribution in [3.05, 3.63) is 77.4 Å². The first-order valence-corrected chi connectivity index (χ1v) is 7.84. The van der Waals surface area contributed by atoms with Crippen LogP contribution in [0, 0.1) is 13.8 Å². The molecule has 5 heteroatoms. The van der Waals surface area contributed by atoms with Gasteiger partial charge in [-0.3, -0.25) is 9.78 Å². The Morgan fingerprint density at radius 2 is 1.75 bits per heavy atom. The highest BCUT2D eigenvalue weighted by Gasteiger charge is 2.18. The van der Waals surface area contributed by atoms with Crippen molar-refractivity contribution in [3.63, 3.8) is 0 Å². The predicted octanol–water partition coefficient (Wildman–Crippen LogP) is 3.16. The molecule has 0 atom stereocenters. The molecule has 1 amide bonds. The van der Waals surface area contributed by atoms with Crippen molar-refractivity contribution < 1.29 is 4.79 Å². The van der Waals surface area contributed by atoms with E-state index in [2.05, 4.69) is 10.1 Å². The van der Waals surface area contributed by atoms with Crippen LogP contribution in [0.3, 0.4) is 0 Å². The summed E-state index contributed by atoms with van der Waals surface area (Å²) < 4.78 is 1.93. The Hall–Kier alpha value is -2.95. The van der Waals surface area contributed by atoms with Crippen LogP contribution in [0.1, 0.15) is 27.3 Å². The molecule has 2 heterocycles. The van der Waals surface area contributed by atoms with Crippen molar-refractivity contribution in [2.75, 3.05) is 7.05 Å². The van der Waals surface area contributed by atoms with E-state index in [0.717, 1.165) is 22.6 Å². The molecule has 122 valence electrons. The van der Waals surface area contributed by atoms with Crippen LogP contribution in [0.5, 0.6) is 0 Å². The number of para-hydroxylation sites is 1. The SMILES string of the molecule is Cc1nn(-c2ccccc2)c(C)c1CN(C)C(=O)c1ccncc1. The van der Waals surface area contributed by atoms with Gasteiger partial charge >= 0.3 is 0 Å². The van der Waals surface area contributed by atoms with Crippen LogP contribution in [0.4, 0.5) is 0 Å². The second-order valence-corrected chi connectivity index (χ2v) is 5.79. The molecule has 3 aromatic rings. The Labute approximate surface area is 141 Å². The van der Waals surface area contributed by atoms with Gasteiger partial charge in [0.1, 0.15) is 0 Å². The third kappa shape index (κ3) is 3.06. The highest BCUT2D eigenvalue weighted by molar-refractivity contribution is 5.93. The molecule has 0 aliphatic rings. The van der Waals surface area contributed by atoms with Crippen LogP contribution in [0.25, 0.3) is 5.69 Å². The lowest BCUT2D eigenvalue weighted by Crippen LogP contribution is -2.26. The lowest BCUT2D eigenvalue weighted by Gasteiger charge is -2.17. The van der Waals surface area contributed by atoms with Crippen LogP contribution in [0.2, 0.25) is 0 Å². The van der Waals surface area contributed by atoms with Gasteiger partial charge in [-0.2, -0.15) is 5.10 Å². The average molecular weight is 320 g/mol. The maximum atomic E-state index is 12.5. The summed E-state index contributed by atoms with van der Waals surface area (Å²) in [7, 11) is 1.81. The van der Waals surface area contributed by atoms with Gasteiger partial charge in [-0.25, -0.2) is 4.68 Å². The third-order valence-corrected chi connectivity index (χ3v) is 4.11. The van der Waals surface area contributed by atoms with Crippen molar-refractivity contribution in [2.45, 2.75) is 20.4 Å². The molecule has 2 aromatic heterocycles. The number of aromatic nitrogens is 3. The van der Waals surface area contributed by atoms with E-state index in [0.29, 0.717) is 12.1 Å². The van der Waals surface area contributed by atoms with Gasteiger partial charge in [0.2, 0.25) is 0 Å². The number of rotatable bonds is 4. The highest BCUT2D eigenvalue weighted by atomic mass is 16.2. The van der Waals surface area contributed by atoms with Gasteiger partial charge in [0.05, 0.1) is 11.4 Å². The minimum atomic E-state index is -0.0244. The monoisotopic (exact) mass is 320 g/mol. The molecule has 0 saturated heterocycles. The summed E-state index contributed by atoms with van der Waals surface area (Å²) in [5.74, 6) is -0.0244. The quantitative estimate of drug-likeness (QED) is 0.742.